The van der Waals surface area contributed by atoms with Gasteiger partial charge in [-0.15, -0.1) is 11.3 Å². The standard InChI is InChI=1S/C13H20N4OS/c1-10-8-17(5-4-6-18-3)13(16-10)14-7-12-15-11(2)9-19-12/h8-9H,4-7H2,1-3H3,(H,14,16). The summed E-state index contributed by atoms with van der Waals surface area (Å²) in [6.45, 7) is 6.41. The molecule has 2 heterocycles. The summed E-state index contributed by atoms with van der Waals surface area (Å²) in [6, 6.07) is 0. The summed E-state index contributed by atoms with van der Waals surface area (Å²) < 4.78 is 7.21. The first kappa shape index (κ1) is 14.0. The monoisotopic (exact) mass is 280 g/mol. The van der Waals surface area contributed by atoms with Crippen LogP contribution in [0.15, 0.2) is 11.6 Å². The molecule has 0 radical (unpaired) electrons. The van der Waals surface area contributed by atoms with E-state index < -0.39 is 0 Å². The number of hydrogen-bond acceptors (Lipinski definition) is 5. The molecule has 0 saturated heterocycles. The van der Waals surface area contributed by atoms with Crippen molar-refractivity contribution in [2.24, 2.45) is 0 Å². The molecule has 2 rings (SSSR count). The van der Waals surface area contributed by atoms with E-state index in [1.807, 2.05) is 13.8 Å². The van der Waals surface area contributed by atoms with Gasteiger partial charge in [0.1, 0.15) is 5.01 Å². The Morgan fingerprint density at radius 1 is 1.32 bits per heavy atom. The average Bonchev–Trinajstić information content (AvgIpc) is 2.94. The van der Waals surface area contributed by atoms with Crippen LogP contribution in [0.25, 0.3) is 0 Å². The third kappa shape index (κ3) is 4.04. The van der Waals surface area contributed by atoms with Crippen LogP contribution in [0.4, 0.5) is 5.95 Å². The Kier molecular flexibility index (Phi) is 4.93. The van der Waals surface area contributed by atoms with E-state index in [0.717, 1.165) is 48.5 Å². The van der Waals surface area contributed by atoms with Gasteiger partial charge < -0.3 is 14.6 Å². The number of nitrogens with one attached hydrogen (secondary N) is 1. The van der Waals surface area contributed by atoms with Gasteiger partial charge in [-0.3, -0.25) is 0 Å². The maximum absolute atomic E-state index is 5.08. The smallest absolute Gasteiger partial charge is 0.203 e. The normalized spacial score (nSPS) is 10.9. The van der Waals surface area contributed by atoms with Crippen molar-refractivity contribution in [3.8, 4) is 0 Å². The van der Waals surface area contributed by atoms with Gasteiger partial charge in [0.2, 0.25) is 5.95 Å². The molecule has 0 aromatic carbocycles. The maximum Gasteiger partial charge on any atom is 0.203 e. The number of rotatable bonds is 7. The molecule has 0 unspecified atom stereocenters. The highest BCUT2D eigenvalue weighted by Gasteiger charge is 2.06. The molecule has 0 aliphatic carbocycles. The molecule has 2 aromatic rings. The molecule has 0 saturated carbocycles. The largest absolute Gasteiger partial charge is 0.385 e. The number of ether oxygens (including phenoxy) is 1. The van der Waals surface area contributed by atoms with Crippen molar-refractivity contribution in [2.75, 3.05) is 19.0 Å². The summed E-state index contributed by atoms with van der Waals surface area (Å²) >= 11 is 1.67. The van der Waals surface area contributed by atoms with Crippen LogP contribution in [0.1, 0.15) is 22.8 Å². The molecule has 0 aliphatic rings. The predicted octanol–water partition coefficient (Wildman–Crippen LogP) is 2.61. The van der Waals surface area contributed by atoms with Gasteiger partial charge in [-0.05, 0) is 20.3 Å². The van der Waals surface area contributed by atoms with E-state index in [9.17, 15) is 0 Å². The van der Waals surface area contributed by atoms with Crippen molar-refractivity contribution >= 4 is 17.3 Å². The van der Waals surface area contributed by atoms with Crippen molar-refractivity contribution in [1.29, 1.82) is 0 Å². The molecular weight excluding hydrogens is 260 g/mol. The minimum Gasteiger partial charge on any atom is -0.385 e. The second-order valence-corrected chi connectivity index (χ2v) is 5.42. The minimum atomic E-state index is 0.721. The van der Waals surface area contributed by atoms with Gasteiger partial charge in [0.15, 0.2) is 0 Å². The number of aryl methyl sites for hydroxylation is 3. The number of imidazole rings is 1. The van der Waals surface area contributed by atoms with Gasteiger partial charge in [-0.1, -0.05) is 0 Å². The first-order chi connectivity index (χ1) is 9.19. The predicted molar refractivity (Wildman–Crippen MR) is 77.6 cm³/mol. The molecule has 0 atom stereocenters. The lowest BCUT2D eigenvalue weighted by Gasteiger charge is -2.08. The topological polar surface area (TPSA) is 52.0 Å². The van der Waals surface area contributed by atoms with Gasteiger partial charge in [0, 0.05) is 37.5 Å². The summed E-state index contributed by atoms with van der Waals surface area (Å²) in [6.07, 6.45) is 3.04. The Balaban J connectivity index is 1.95. The van der Waals surface area contributed by atoms with Gasteiger partial charge in [0.05, 0.1) is 12.2 Å². The van der Waals surface area contributed by atoms with Crippen molar-refractivity contribution in [2.45, 2.75) is 33.4 Å². The van der Waals surface area contributed by atoms with Crippen LogP contribution in [0.2, 0.25) is 0 Å². The number of nitrogens with zero attached hydrogens (tertiary/aromatic N) is 3. The highest BCUT2D eigenvalue weighted by Crippen LogP contribution is 2.13. The second kappa shape index (κ2) is 6.68. The van der Waals surface area contributed by atoms with Crippen LogP contribution in [-0.4, -0.2) is 28.3 Å². The Labute approximate surface area is 117 Å². The molecule has 2 aromatic heterocycles. The van der Waals surface area contributed by atoms with Crippen molar-refractivity contribution in [3.05, 3.63) is 28.0 Å². The van der Waals surface area contributed by atoms with E-state index in [4.69, 9.17) is 4.74 Å². The van der Waals surface area contributed by atoms with Gasteiger partial charge in [-0.25, -0.2) is 9.97 Å². The number of thiazole rings is 1. The lowest BCUT2D eigenvalue weighted by Crippen LogP contribution is -2.08. The van der Waals surface area contributed by atoms with E-state index in [1.165, 1.54) is 0 Å². The Hall–Kier alpha value is -1.40. The first-order valence-corrected chi connectivity index (χ1v) is 7.24. The van der Waals surface area contributed by atoms with Crippen LogP contribution in [0, 0.1) is 13.8 Å². The molecule has 0 bridgehead atoms. The highest BCUT2D eigenvalue weighted by atomic mass is 32.1. The van der Waals surface area contributed by atoms with Crippen molar-refractivity contribution < 1.29 is 4.74 Å². The summed E-state index contributed by atoms with van der Waals surface area (Å²) in [4.78, 5) is 8.94. The van der Waals surface area contributed by atoms with Crippen LogP contribution in [0.5, 0.6) is 0 Å². The molecule has 6 heteroatoms. The minimum absolute atomic E-state index is 0.721. The number of aromatic nitrogens is 3. The molecule has 104 valence electrons. The summed E-state index contributed by atoms with van der Waals surface area (Å²) in [7, 11) is 1.73. The molecule has 0 aliphatic heterocycles. The summed E-state index contributed by atoms with van der Waals surface area (Å²) in [5, 5.41) is 6.50. The lowest BCUT2D eigenvalue weighted by atomic mass is 10.4. The van der Waals surface area contributed by atoms with Crippen molar-refractivity contribution in [1.82, 2.24) is 14.5 Å². The second-order valence-electron chi connectivity index (χ2n) is 4.48. The van der Waals surface area contributed by atoms with Crippen molar-refractivity contribution in [3.63, 3.8) is 0 Å². The Bertz CT molecular complexity index is 520. The fourth-order valence-corrected chi connectivity index (χ4v) is 2.59. The maximum atomic E-state index is 5.08. The number of anilines is 1. The number of hydrogen-bond donors (Lipinski definition) is 1. The van der Waals surface area contributed by atoms with E-state index in [-0.39, 0.29) is 0 Å². The fraction of sp³-hybridized carbons (Fsp3) is 0.538. The quantitative estimate of drug-likeness (QED) is 0.792. The molecule has 19 heavy (non-hydrogen) atoms. The third-order valence-corrected chi connectivity index (χ3v) is 3.68. The molecule has 1 N–H and O–H groups in total. The molecule has 0 amide bonds. The average molecular weight is 280 g/mol. The highest BCUT2D eigenvalue weighted by molar-refractivity contribution is 7.09. The molecular formula is C13H20N4OS. The Morgan fingerprint density at radius 2 is 2.16 bits per heavy atom. The van der Waals surface area contributed by atoms with Crippen LogP contribution >= 0.6 is 11.3 Å². The third-order valence-electron chi connectivity index (χ3n) is 2.71. The van der Waals surface area contributed by atoms with Crippen LogP contribution < -0.4 is 5.32 Å². The lowest BCUT2D eigenvalue weighted by molar-refractivity contribution is 0.190. The summed E-state index contributed by atoms with van der Waals surface area (Å²) in [5.41, 5.74) is 2.09. The van der Waals surface area contributed by atoms with E-state index in [1.54, 1.807) is 18.4 Å². The summed E-state index contributed by atoms with van der Waals surface area (Å²) in [5.74, 6) is 0.904. The Morgan fingerprint density at radius 3 is 2.84 bits per heavy atom. The van der Waals surface area contributed by atoms with Crippen LogP contribution in [-0.2, 0) is 17.8 Å². The van der Waals surface area contributed by atoms with E-state index in [0.29, 0.717) is 0 Å². The molecule has 0 fully saturated rings. The van der Waals surface area contributed by atoms with Gasteiger partial charge >= 0.3 is 0 Å². The zero-order valence-corrected chi connectivity index (χ0v) is 12.5. The molecule has 5 nitrogen and oxygen atoms in total. The zero-order chi connectivity index (χ0) is 13.7. The zero-order valence-electron chi connectivity index (χ0n) is 11.6. The van der Waals surface area contributed by atoms with Gasteiger partial charge in [0.25, 0.3) is 0 Å². The van der Waals surface area contributed by atoms with E-state index in [2.05, 4.69) is 31.4 Å². The van der Waals surface area contributed by atoms with E-state index >= 15 is 0 Å². The fourth-order valence-electron chi connectivity index (χ4n) is 1.88. The number of methoxy groups -OCH3 is 1. The SMILES string of the molecule is COCCCn1cc(C)nc1NCc1nc(C)cs1. The van der Waals surface area contributed by atoms with Gasteiger partial charge in [-0.2, -0.15) is 0 Å². The molecule has 0 spiro atoms. The first-order valence-electron chi connectivity index (χ1n) is 6.36. The van der Waals surface area contributed by atoms with Crippen LogP contribution in [0.3, 0.4) is 0 Å².